The Kier molecular flexibility index (Phi) is 4.65. The van der Waals surface area contributed by atoms with Crippen molar-refractivity contribution in [1.29, 1.82) is 0 Å². The van der Waals surface area contributed by atoms with Crippen LogP contribution < -0.4 is 11.1 Å². The van der Waals surface area contributed by atoms with E-state index in [1.54, 1.807) is 0 Å². The molecule has 0 spiro atoms. The number of nitrogens with zero attached hydrogens (tertiary/aromatic N) is 2. The van der Waals surface area contributed by atoms with Crippen LogP contribution in [0.15, 0.2) is 12.1 Å². The lowest BCUT2D eigenvalue weighted by atomic mass is 10.1. The van der Waals surface area contributed by atoms with Crippen LogP contribution in [0, 0.1) is 16.0 Å². The van der Waals surface area contributed by atoms with Gasteiger partial charge < -0.3 is 16.2 Å². The smallest absolute Gasteiger partial charge is 0.311 e. The highest BCUT2D eigenvalue weighted by Crippen LogP contribution is 2.20. The number of aromatic nitrogens is 1. The van der Waals surface area contributed by atoms with Gasteiger partial charge in [-0.2, -0.15) is 0 Å². The molecule has 1 atom stereocenters. The Labute approximate surface area is 98.8 Å². The van der Waals surface area contributed by atoms with E-state index in [4.69, 9.17) is 10.8 Å². The maximum Gasteiger partial charge on any atom is 0.311 e. The summed E-state index contributed by atoms with van der Waals surface area (Å²) in [5, 5.41) is 22.3. The van der Waals surface area contributed by atoms with Crippen LogP contribution in [0.5, 0.6) is 0 Å². The molecular weight excluding hydrogens is 224 g/mol. The zero-order valence-corrected chi connectivity index (χ0v) is 9.59. The molecular formula is C10H16N4O3. The van der Waals surface area contributed by atoms with E-state index in [-0.39, 0.29) is 18.1 Å². The molecule has 0 aliphatic carbocycles. The van der Waals surface area contributed by atoms with Crippen LogP contribution in [-0.4, -0.2) is 28.2 Å². The Morgan fingerprint density at radius 1 is 1.65 bits per heavy atom. The average Bonchev–Trinajstić information content (AvgIpc) is 2.26. The molecule has 0 radical (unpaired) electrons. The van der Waals surface area contributed by atoms with Crippen molar-refractivity contribution in [3.63, 3.8) is 0 Å². The number of rotatable bonds is 6. The van der Waals surface area contributed by atoms with Crippen molar-refractivity contribution >= 4 is 17.3 Å². The summed E-state index contributed by atoms with van der Waals surface area (Å²) in [5.41, 5.74) is 5.26. The van der Waals surface area contributed by atoms with Gasteiger partial charge in [-0.25, -0.2) is 4.98 Å². The molecule has 0 aliphatic heterocycles. The summed E-state index contributed by atoms with van der Waals surface area (Å²) in [4.78, 5) is 13.8. The lowest BCUT2D eigenvalue weighted by Gasteiger charge is -2.11. The second kappa shape index (κ2) is 6.00. The number of pyridine rings is 1. The maximum absolute atomic E-state index is 10.5. The van der Waals surface area contributed by atoms with Gasteiger partial charge in [-0.3, -0.25) is 10.1 Å². The number of nitrogens with two attached hydrogens (primary N) is 1. The fourth-order valence-corrected chi connectivity index (χ4v) is 1.32. The zero-order valence-electron chi connectivity index (χ0n) is 9.59. The first-order chi connectivity index (χ1) is 8.04. The summed E-state index contributed by atoms with van der Waals surface area (Å²) >= 11 is 0. The Morgan fingerprint density at radius 2 is 2.35 bits per heavy atom. The van der Waals surface area contributed by atoms with Gasteiger partial charge in [0.1, 0.15) is 5.82 Å². The summed E-state index contributed by atoms with van der Waals surface area (Å²) < 4.78 is 0. The molecule has 4 N–H and O–H groups in total. The van der Waals surface area contributed by atoms with Crippen LogP contribution in [0.25, 0.3) is 0 Å². The molecule has 0 saturated carbocycles. The van der Waals surface area contributed by atoms with Crippen LogP contribution in [0.3, 0.4) is 0 Å². The number of aliphatic hydroxyl groups excluding tert-OH is 1. The Morgan fingerprint density at radius 3 is 2.88 bits per heavy atom. The number of nitrogens with one attached hydrogen (secondary N) is 1. The second-order valence-electron chi connectivity index (χ2n) is 3.86. The molecule has 94 valence electrons. The molecule has 1 rings (SSSR count). The zero-order chi connectivity index (χ0) is 12.8. The van der Waals surface area contributed by atoms with E-state index in [9.17, 15) is 10.1 Å². The van der Waals surface area contributed by atoms with Gasteiger partial charge in [0.15, 0.2) is 0 Å². The predicted octanol–water partition coefficient (Wildman–Crippen LogP) is 1.00. The van der Waals surface area contributed by atoms with E-state index in [2.05, 4.69) is 10.3 Å². The average molecular weight is 240 g/mol. The van der Waals surface area contributed by atoms with Crippen molar-refractivity contribution < 1.29 is 10.0 Å². The van der Waals surface area contributed by atoms with E-state index < -0.39 is 4.92 Å². The second-order valence-corrected chi connectivity index (χ2v) is 3.86. The van der Waals surface area contributed by atoms with E-state index in [0.29, 0.717) is 24.7 Å². The Balaban J connectivity index is 2.62. The molecule has 1 unspecified atom stereocenters. The quantitative estimate of drug-likeness (QED) is 0.505. The Bertz CT molecular complexity index is 397. The van der Waals surface area contributed by atoms with E-state index >= 15 is 0 Å². The van der Waals surface area contributed by atoms with Gasteiger partial charge in [-0.15, -0.1) is 0 Å². The first-order valence-corrected chi connectivity index (χ1v) is 5.30. The SMILES string of the molecule is CC(CCO)CNc1ccc([N+](=O)[O-])c(N)n1. The van der Waals surface area contributed by atoms with Gasteiger partial charge in [-0.1, -0.05) is 6.92 Å². The van der Waals surface area contributed by atoms with Crippen molar-refractivity contribution in [3.8, 4) is 0 Å². The van der Waals surface area contributed by atoms with Crippen LogP contribution in [0.2, 0.25) is 0 Å². The maximum atomic E-state index is 10.5. The van der Waals surface area contributed by atoms with Crippen LogP contribution in [0.1, 0.15) is 13.3 Å². The number of hydrogen-bond acceptors (Lipinski definition) is 6. The van der Waals surface area contributed by atoms with Gasteiger partial charge >= 0.3 is 5.69 Å². The van der Waals surface area contributed by atoms with Gasteiger partial charge in [0.2, 0.25) is 5.82 Å². The molecule has 17 heavy (non-hydrogen) atoms. The lowest BCUT2D eigenvalue weighted by molar-refractivity contribution is -0.384. The number of anilines is 2. The van der Waals surface area contributed by atoms with Crippen molar-refractivity contribution in [2.75, 3.05) is 24.2 Å². The van der Waals surface area contributed by atoms with E-state index in [1.165, 1.54) is 12.1 Å². The molecule has 1 heterocycles. The van der Waals surface area contributed by atoms with Gasteiger partial charge in [-0.05, 0) is 18.4 Å². The summed E-state index contributed by atoms with van der Waals surface area (Å²) in [6.07, 6.45) is 0.690. The van der Waals surface area contributed by atoms with Gasteiger partial charge in [0, 0.05) is 19.2 Å². The van der Waals surface area contributed by atoms with Crippen LogP contribution in [0.4, 0.5) is 17.3 Å². The summed E-state index contributed by atoms with van der Waals surface area (Å²) in [5.74, 6) is 0.686. The van der Waals surface area contributed by atoms with Gasteiger partial charge in [0.25, 0.3) is 0 Å². The minimum absolute atomic E-state index is 0.102. The highest BCUT2D eigenvalue weighted by atomic mass is 16.6. The lowest BCUT2D eigenvalue weighted by Crippen LogP contribution is -2.13. The molecule has 0 aromatic carbocycles. The predicted molar refractivity (Wildman–Crippen MR) is 64.7 cm³/mol. The molecule has 0 aliphatic rings. The van der Waals surface area contributed by atoms with E-state index in [1.807, 2.05) is 6.92 Å². The third kappa shape index (κ3) is 3.87. The summed E-state index contributed by atoms with van der Waals surface area (Å²) in [6.45, 7) is 2.75. The minimum atomic E-state index is -0.569. The molecule has 7 heteroatoms. The molecule has 7 nitrogen and oxygen atoms in total. The number of hydrogen-bond donors (Lipinski definition) is 3. The molecule has 1 aromatic heterocycles. The van der Waals surface area contributed by atoms with E-state index in [0.717, 1.165) is 0 Å². The first kappa shape index (κ1) is 13.2. The normalized spacial score (nSPS) is 12.1. The fraction of sp³-hybridized carbons (Fsp3) is 0.500. The third-order valence-electron chi connectivity index (χ3n) is 2.35. The molecule has 0 amide bonds. The highest BCUT2D eigenvalue weighted by Gasteiger charge is 2.12. The van der Waals surface area contributed by atoms with Crippen LogP contribution in [-0.2, 0) is 0 Å². The number of aliphatic hydroxyl groups is 1. The largest absolute Gasteiger partial charge is 0.396 e. The number of nitrogen functional groups attached to an aromatic ring is 1. The molecule has 0 saturated heterocycles. The molecule has 1 aromatic rings. The van der Waals surface area contributed by atoms with Gasteiger partial charge in [0.05, 0.1) is 4.92 Å². The van der Waals surface area contributed by atoms with Crippen molar-refractivity contribution in [3.05, 3.63) is 22.2 Å². The third-order valence-corrected chi connectivity index (χ3v) is 2.35. The topological polar surface area (TPSA) is 114 Å². The standard InChI is InChI=1S/C10H16N4O3/c1-7(4-5-15)6-12-9-3-2-8(14(16)17)10(11)13-9/h2-3,7,15H,4-6H2,1H3,(H3,11,12,13). The summed E-state index contributed by atoms with van der Waals surface area (Å²) in [6, 6.07) is 2.83. The summed E-state index contributed by atoms with van der Waals surface area (Å²) in [7, 11) is 0. The van der Waals surface area contributed by atoms with Crippen molar-refractivity contribution in [2.45, 2.75) is 13.3 Å². The molecule has 0 fully saturated rings. The van der Waals surface area contributed by atoms with Crippen LogP contribution >= 0.6 is 0 Å². The van der Waals surface area contributed by atoms with Crippen molar-refractivity contribution in [2.24, 2.45) is 5.92 Å². The Hall–Kier alpha value is -1.89. The first-order valence-electron chi connectivity index (χ1n) is 5.30. The highest BCUT2D eigenvalue weighted by molar-refractivity contribution is 5.57. The fourth-order valence-electron chi connectivity index (χ4n) is 1.32. The van der Waals surface area contributed by atoms with Crippen molar-refractivity contribution in [1.82, 2.24) is 4.98 Å². The monoisotopic (exact) mass is 240 g/mol. The minimum Gasteiger partial charge on any atom is -0.396 e. The number of nitro groups is 1. The molecule has 0 bridgehead atoms.